The predicted molar refractivity (Wildman–Crippen MR) is 64.3 cm³/mol. The van der Waals surface area contributed by atoms with E-state index in [1.54, 1.807) is 6.92 Å². The van der Waals surface area contributed by atoms with Crippen molar-refractivity contribution in [3.05, 3.63) is 11.6 Å². The van der Waals surface area contributed by atoms with E-state index < -0.39 is 5.97 Å². The highest BCUT2D eigenvalue weighted by Crippen LogP contribution is 2.47. The molecule has 0 unspecified atom stereocenters. The van der Waals surface area contributed by atoms with Crippen molar-refractivity contribution in [2.45, 2.75) is 58.3 Å². The topological polar surface area (TPSA) is 37.3 Å². The van der Waals surface area contributed by atoms with Crippen molar-refractivity contribution in [1.29, 1.82) is 0 Å². The maximum absolute atomic E-state index is 10.9. The number of allylic oxidation sites excluding steroid dienone is 1. The lowest BCUT2D eigenvalue weighted by Crippen LogP contribution is -2.28. The van der Waals surface area contributed by atoms with Crippen LogP contribution in [0.4, 0.5) is 0 Å². The molecule has 0 heterocycles. The number of aliphatic carboxylic acids is 1. The summed E-state index contributed by atoms with van der Waals surface area (Å²) in [4.78, 5) is 10.9. The zero-order valence-corrected chi connectivity index (χ0v) is 10.2. The monoisotopic (exact) mass is 222 g/mol. The molecular formula is C14H22O2. The summed E-state index contributed by atoms with van der Waals surface area (Å²) in [5.41, 5.74) is 0.762. The maximum Gasteiger partial charge on any atom is 0.330 e. The molecule has 0 saturated heterocycles. The Balaban J connectivity index is 2.15. The van der Waals surface area contributed by atoms with E-state index in [1.165, 1.54) is 51.4 Å². The average Bonchev–Trinajstić information content (AvgIpc) is 2.21. The third-order valence-corrected chi connectivity index (χ3v) is 4.50. The van der Waals surface area contributed by atoms with E-state index in [9.17, 15) is 4.79 Å². The average molecular weight is 222 g/mol. The van der Waals surface area contributed by atoms with Crippen molar-refractivity contribution in [1.82, 2.24) is 0 Å². The first-order valence-electron chi connectivity index (χ1n) is 6.54. The Kier molecular flexibility index (Phi) is 3.36. The van der Waals surface area contributed by atoms with Crippen LogP contribution in [0.1, 0.15) is 58.3 Å². The first kappa shape index (κ1) is 11.7. The number of hydrogen-bond acceptors (Lipinski definition) is 1. The first-order valence-corrected chi connectivity index (χ1v) is 6.54. The third kappa shape index (κ3) is 2.47. The molecule has 3 fully saturated rings. The van der Waals surface area contributed by atoms with E-state index in [2.05, 4.69) is 6.08 Å². The van der Waals surface area contributed by atoms with Crippen LogP contribution in [0.15, 0.2) is 11.6 Å². The van der Waals surface area contributed by atoms with Crippen molar-refractivity contribution >= 4 is 5.97 Å². The zero-order chi connectivity index (χ0) is 11.6. The molecule has 3 saturated carbocycles. The smallest absolute Gasteiger partial charge is 0.330 e. The van der Waals surface area contributed by atoms with Gasteiger partial charge in [-0.05, 0) is 50.4 Å². The molecule has 0 amide bonds. The highest BCUT2D eigenvalue weighted by atomic mass is 16.4. The van der Waals surface area contributed by atoms with Gasteiger partial charge in [0.1, 0.15) is 0 Å². The maximum atomic E-state index is 10.9. The normalized spacial score (nSPS) is 35.6. The number of rotatable bonds is 2. The summed E-state index contributed by atoms with van der Waals surface area (Å²) < 4.78 is 0. The Hall–Kier alpha value is -0.790. The third-order valence-electron chi connectivity index (χ3n) is 4.50. The zero-order valence-electron chi connectivity index (χ0n) is 10.2. The number of hydrogen-bond donors (Lipinski definition) is 1. The number of carboxylic acid groups (broad SMARTS) is 1. The lowest BCUT2D eigenvalue weighted by atomic mass is 9.64. The van der Waals surface area contributed by atoms with Crippen LogP contribution in [-0.4, -0.2) is 11.1 Å². The summed E-state index contributed by atoms with van der Waals surface area (Å²) in [7, 11) is 0. The van der Waals surface area contributed by atoms with Crippen molar-refractivity contribution < 1.29 is 9.90 Å². The fourth-order valence-electron chi connectivity index (χ4n) is 3.44. The van der Waals surface area contributed by atoms with Crippen LogP contribution in [0.25, 0.3) is 0 Å². The Morgan fingerprint density at radius 2 is 1.88 bits per heavy atom. The minimum atomic E-state index is -0.751. The van der Waals surface area contributed by atoms with Gasteiger partial charge >= 0.3 is 5.97 Å². The standard InChI is InChI=1S/C14H22O2/c1-11(13(15)16)10-14-7-3-2-4-12(5-8-14)6-9-14/h10,12H,2-9H2,1H3,(H,15,16). The quantitative estimate of drug-likeness (QED) is 0.722. The van der Waals surface area contributed by atoms with Crippen LogP contribution in [0.5, 0.6) is 0 Å². The van der Waals surface area contributed by atoms with Crippen LogP contribution in [-0.2, 0) is 4.79 Å². The molecule has 3 aliphatic rings. The van der Waals surface area contributed by atoms with Gasteiger partial charge in [-0.2, -0.15) is 0 Å². The van der Waals surface area contributed by atoms with Crippen LogP contribution in [0.2, 0.25) is 0 Å². The molecule has 2 nitrogen and oxygen atoms in total. The lowest BCUT2D eigenvalue weighted by Gasteiger charge is -2.41. The molecule has 2 bridgehead atoms. The van der Waals surface area contributed by atoms with Gasteiger partial charge in [0.15, 0.2) is 0 Å². The van der Waals surface area contributed by atoms with Crippen LogP contribution >= 0.6 is 0 Å². The first-order chi connectivity index (χ1) is 7.61. The van der Waals surface area contributed by atoms with E-state index >= 15 is 0 Å². The highest BCUT2D eigenvalue weighted by Gasteiger charge is 2.35. The summed E-state index contributed by atoms with van der Waals surface area (Å²) >= 11 is 0. The van der Waals surface area contributed by atoms with Crippen molar-refractivity contribution in [3.63, 3.8) is 0 Å². The molecule has 0 aliphatic heterocycles. The van der Waals surface area contributed by atoms with Gasteiger partial charge < -0.3 is 5.11 Å². The second kappa shape index (κ2) is 4.60. The van der Waals surface area contributed by atoms with Gasteiger partial charge in [0.05, 0.1) is 0 Å². The summed E-state index contributed by atoms with van der Waals surface area (Å²) in [6.07, 6.45) is 12.3. The van der Waals surface area contributed by atoms with Gasteiger partial charge in [0, 0.05) is 5.57 Å². The summed E-state index contributed by atoms with van der Waals surface area (Å²) in [6.45, 7) is 1.74. The molecule has 0 spiro atoms. The Bertz CT molecular complexity index is 290. The van der Waals surface area contributed by atoms with Crippen molar-refractivity contribution in [2.24, 2.45) is 11.3 Å². The van der Waals surface area contributed by atoms with E-state index in [4.69, 9.17) is 5.11 Å². The molecule has 16 heavy (non-hydrogen) atoms. The Morgan fingerprint density at radius 1 is 1.19 bits per heavy atom. The highest BCUT2D eigenvalue weighted by molar-refractivity contribution is 5.85. The van der Waals surface area contributed by atoms with Gasteiger partial charge in [0.25, 0.3) is 0 Å². The summed E-state index contributed by atoms with van der Waals surface area (Å²) in [5, 5.41) is 8.99. The molecule has 3 aliphatic carbocycles. The molecule has 0 aromatic heterocycles. The molecule has 2 heteroatoms. The summed E-state index contributed by atoms with van der Waals surface area (Å²) in [5.74, 6) is 0.172. The molecular weight excluding hydrogens is 200 g/mol. The molecule has 90 valence electrons. The van der Waals surface area contributed by atoms with Gasteiger partial charge in [-0.1, -0.05) is 25.3 Å². The van der Waals surface area contributed by atoms with Crippen LogP contribution in [0, 0.1) is 11.3 Å². The fraction of sp³-hybridized carbons (Fsp3) is 0.786. The second-order valence-corrected chi connectivity index (χ2v) is 5.68. The van der Waals surface area contributed by atoms with Crippen LogP contribution in [0.3, 0.4) is 0 Å². The minimum Gasteiger partial charge on any atom is -0.478 e. The SMILES string of the molecule is CC(=CC12CCCCC(CC1)CC2)C(=O)O. The molecule has 1 N–H and O–H groups in total. The van der Waals surface area contributed by atoms with Crippen molar-refractivity contribution in [3.8, 4) is 0 Å². The second-order valence-electron chi connectivity index (χ2n) is 5.68. The Morgan fingerprint density at radius 3 is 2.50 bits per heavy atom. The van der Waals surface area contributed by atoms with Gasteiger partial charge in [-0.15, -0.1) is 0 Å². The van der Waals surface area contributed by atoms with Crippen LogP contribution < -0.4 is 0 Å². The number of carboxylic acids is 1. The molecule has 3 rings (SSSR count). The van der Waals surface area contributed by atoms with Crippen molar-refractivity contribution in [2.75, 3.05) is 0 Å². The van der Waals surface area contributed by atoms with E-state index in [0.717, 1.165) is 5.92 Å². The predicted octanol–water partition coefficient (Wildman–Crippen LogP) is 3.77. The number of fused-ring (bicyclic) bond motifs is 5. The van der Waals surface area contributed by atoms with E-state index in [0.29, 0.717) is 5.57 Å². The Labute approximate surface area is 97.7 Å². The largest absolute Gasteiger partial charge is 0.478 e. The molecule has 0 radical (unpaired) electrons. The molecule has 0 aromatic carbocycles. The fourth-order valence-corrected chi connectivity index (χ4v) is 3.44. The lowest BCUT2D eigenvalue weighted by molar-refractivity contribution is -0.132. The van der Waals surface area contributed by atoms with E-state index in [1.807, 2.05) is 0 Å². The summed E-state index contributed by atoms with van der Waals surface area (Å²) in [6, 6.07) is 0. The molecule has 0 atom stereocenters. The molecule has 0 aromatic rings. The number of carbonyl (C=O) groups is 1. The van der Waals surface area contributed by atoms with Gasteiger partial charge in [0.2, 0.25) is 0 Å². The van der Waals surface area contributed by atoms with E-state index in [-0.39, 0.29) is 5.41 Å². The van der Waals surface area contributed by atoms with Gasteiger partial charge in [-0.3, -0.25) is 0 Å². The van der Waals surface area contributed by atoms with Gasteiger partial charge in [-0.25, -0.2) is 4.79 Å². The minimum absolute atomic E-state index is 0.222.